The molecule has 0 spiro atoms. The molecule has 23 heavy (non-hydrogen) atoms. The molecule has 0 bridgehead atoms. The summed E-state index contributed by atoms with van der Waals surface area (Å²) in [6.45, 7) is 6.58. The van der Waals surface area contributed by atoms with Crippen LogP contribution < -0.4 is 10.9 Å². The van der Waals surface area contributed by atoms with Gasteiger partial charge in [-0.05, 0) is 41.5 Å². The van der Waals surface area contributed by atoms with E-state index in [1.807, 2.05) is 0 Å². The van der Waals surface area contributed by atoms with Gasteiger partial charge in [0.25, 0.3) is 11.5 Å². The van der Waals surface area contributed by atoms with E-state index in [0.29, 0.717) is 12.1 Å². The van der Waals surface area contributed by atoms with Crippen LogP contribution in [0.4, 0.5) is 0 Å². The van der Waals surface area contributed by atoms with Crippen molar-refractivity contribution >= 4 is 17.2 Å². The number of aryl methyl sites for hydroxylation is 1. The molecule has 0 fully saturated rings. The Hall–Kier alpha value is -1.92. The molecule has 1 amide bonds. The van der Waals surface area contributed by atoms with E-state index in [9.17, 15) is 9.59 Å². The molecule has 6 heteroatoms. The third kappa shape index (κ3) is 4.30. The van der Waals surface area contributed by atoms with Crippen LogP contribution in [-0.2, 0) is 7.05 Å². The number of pyridine rings is 1. The summed E-state index contributed by atoms with van der Waals surface area (Å²) in [4.78, 5) is 26.3. The van der Waals surface area contributed by atoms with Gasteiger partial charge < -0.3 is 9.88 Å². The van der Waals surface area contributed by atoms with Gasteiger partial charge in [0.1, 0.15) is 0 Å². The highest BCUT2D eigenvalue weighted by Gasteiger charge is 2.19. The van der Waals surface area contributed by atoms with E-state index in [1.165, 1.54) is 16.2 Å². The zero-order valence-corrected chi connectivity index (χ0v) is 14.6. The van der Waals surface area contributed by atoms with E-state index in [-0.39, 0.29) is 17.5 Å². The molecule has 0 aromatic carbocycles. The van der Waals surface area contributed by atoms with Gasteiger partial charge in [-0.15, -0.1) is 0 Å². The van der Waals surface area contributed by atoms with Crippen LogP contribution in [0.3, 0.4) is 0 Å². The lowest BCUT2D eigenvalue weighted by Crippen LogP contribution is -2.38. The molecule has 0 radical (unpaired) electrons. The van der Waals surface area contributed by atoms with Crippen molar-refractivity contribution in [3.63, 3.8) is 0 Å². The van der Waals surface area contributed by atoms with Gasteiger partial charge in [-0.3, -0.25) is 14.5 Å². The number of amides is 1. The number of hydrogen-bond donors (Lipinski definition) is 1. The van der Waals surface area contributed by atoms with E-state index in [2.05, 4.69) is 40.9 Å². The Morgan fingerprint density at radius 3 is 2.65 bits per heavy atom. The molecule has 124 valence electrons. The van der Waals surface area contributed by atoms with Crippen LogP contribution >= 0.6 is 11.3 Å². The van der Waals surface area contributed by atoms with Crippen molar-refractivity contribution < 1.29 is 4.79 Å². The molecular formula is C17H23N3O2S. The van der Waals surface area contributed by atoms with Gasteiger partial charge in [0, 0.05) is 31.4 Å². The second-order valence-electron chi connectivity index (χ2n) is 5.37. The van der Waals surface area contributed by atoms with E-state index >= 15 is 0 Å². The molecule has 2 heterocycles. The highest BCUT2D eigenvalue weighted by atomic mass is 32.1. The van der Waals surface area contributed by atoms with Gasteiger partial charge in [0.2, 0.25) is 0 Å². The molecule has 5 nitrogen and oxygen atoms in total. The Morgan fingerprint density at radius 1 is 1.35 bits per heavy atom. The largest absolute Gasteiger partial charge is 0.350 e. The molecule has 1 atom stereocenters. The summed E-state index contributed by atoms with van der Waals surface area (Å²) in [5, 5.41) is 7.13. The number of carbonyl (C=O) groups excluding carboxylic acids is 1. The van der Waals surface area contributed by atoms with Crippen LogP contribution in [0.5, 0.6) is 0 Å². The number of nitrogens with one attached hydrogen (secondary N) is 1. The number of aromatic nitrogens is 1. The van der Waals surface area contributed by atoms with Crippen molar-refractivity contribution in [2.24, 2.45) is 7.05 Å². The lowest BCUT2D eigenvalue weighted by atomic mass is 10.1. The van der Waals surface area contributed by atoms with Crippen LogP contribution in [0, 0.1) is 0 Å². The first-order chi connectivity index (χ1) is 11.1. The van der Waals surface area contributed by atoms with Crippen molar-refractivity contribution in [1.82, 2.24) is 14.8 Å². The molecule has 0 aliphatic carbocycles. The normalized spacial score (nSPS) is 12.3. The topological polar surface area (TPSA) is 54.3 Å². The second-order valence-corrected chi connectivity index (χ2v) is 6.15. The lowest BCUT2D eigenvalue weighted by Gasteiger charge is -2.29. The first kappa shape index (κ1) is 17.4. The highest BCUT2D eigenvalue weighted by Crippen LogP contribution is 2.22. The third-order valence-electron chi connectivity index (χ3n) is 4.00. The SMILES string of the molecule is CCN(CC)[C@H](CNC(=O)c1ccn(C)c(=O)c1)c1ccsc1. The molecule has 0 saturated carbocycles. The summed E-state index contributed by atoms with van der Waals surface area (Å²) >= 11 is 1.66. The average Bonchev–Trinajstić information content (AvgIpc) is 3.07. The van der Waals surface area contributed by atoms with E-state index in [1.54, 1.807) is 30.6 Å². The fraction of sp³-hybridized carbons (Fsp3) is 0.412. The fourth-order valence-corrected chi connectivity index (χ4v) is 3.27. The maximum absolute atomic E-state index is 12.3. The minimum Gasteiger partial charge on any atom is -0.350 e. The fourth-order valence-electron chi connectivity index (χ4n) is 2.57. The molecule has 0 aliphatic rings. The monoisotopic (exact) mass is 333 g/mol. The molecule has 0 saturated heterocycles. The quantitative estimate of drug-likeness (QED) is 0.845. The van der Waals surface area contributed by atoms with Crippen molar-refractivity contribution in [3.8, 4) is 0 Å². The first-order valence-corrected chi connectivity index (χ1v) is 8.72. The number of nitrogens with zero attached hydrogens (tertiary/aromatic N) is 2. The van der Waals surface area contributed by atoms with Crippen molar-refractivity contribution in [2.75, 3.05) is 19.6 Å². The Morgan fingerprint density at radius 2 is 2.09 bits per heavy atom. The number of carbonyl (C=O) groups is 1. The minimum absolute atomic E-state index is 0.145. The highest BCUT2D eigenvalue weighted by molar-refractivity contribution is 7.07. The predicted octanol–water partition coefficient (Wildman–Crippen LogP) is 2.26. The van der Waals surface area contributed by atoms with Crippen LogP contribution in [-0.4, -0.2) is 35.0 Å². The van der Waals surface area contributed by atoms with E-state index < -0.39 is 0 Å². The third-order valence-corrected chi connectivity index (χ3v) is 4.71. The maximum atomic E-state index is 12.3. The minimum atomic E-state index is -0.213. The maximum Gasteiger partial charge on any atom is 0.251 e. The molecular weight excluding hydrogens is 310 g/mol. The molecule has 0 aliphatic heterocycles. The van der Waals surface area contributed by atoms with E-state index in [4.69, 9.17) is 0 Å². The van der Waals surface area contributed by atoms with Gasteiger partial charge in [-0.2, -0.15) is 11.3 Å². The van der Waals surface area contributed by atoms with Crippen LogP contribution in [0.1, 0.15) is 35.8 Å². The van der Waals surface area contributed by atoms with Crippen LogP contribution in [0.25, 0.3) is 0 Å². The summed E-state index contributed by atoms with van der Waals surface area (Å²) in [7, 11) is 1.66. The number of rotatable bonds is 7. The Kier molecular flexibility index (Phi) is 6.12. The Bertz CT molecular complexity index is 690. The van der Waals surface area contributed by atoms with Gasteiger partial charge in [0.15, 0.2) is 0 Å². The average molecular weight is 333 g/mol. The zero-order chi connectivity index (χ0) is 16.8. The number of hydrogen-bond acceptors (Lipinski definition) is 4. The summed E-state index contributed by atoms with van der Waals surface area (Å²) < 4.78 is 1.45. The molecule has 2 aromatic heterocycles. The van der Waals surface area contributed by atoms with Crippen molar-refractivity contribution in [1.29, 1.82) is 0 Å². The van der Waals surface area contributed by atoms with Gasteiger partial charge in [-0.25, -0.2) is 0 Å². The lowest BCUT2D eigenvalue weighted by molar-refractivity contribution is 0.0934. The van der Waals surface area contributed by atoms with Gasteiger partial charge in [0.05, 0.1) is 6.04 Å². The standard InChI is InChI=1S/C17H23N3O2S/c1-4-20(5-2)15(14-7-9-23-12-14)11-18-17(22)13-6-8-19(3)16(21)10-13/h6-10,12,15H,4-5,11H2,1-3H3,(H,18,22)/t15-/m1/s1. The van der Waals surface area contributed by atoms with Gasteiger partial charge in [-0.1, -0.05) is 13.8 Å². The smallest absolute Gasteiger partial charge is 0.251 e. The predicted molar refractivity (Wildman–Crippen MR) is 94.0 cm³/mol. The number of likely N-dealkylation sites (N-methyl/N-ethyl adjacent to an activating group) is 1. The Balaban J connectivity index is 2.10. The summed E-state index contributed by atoms with van der Waals surface area (Å²) in [6.07, 6.45) is 1.61. The first-order valence-electron chi connectivity index (χ1n) is 7.77. The summed E-state index contributed by atoms with van der Waals surface area (Å²) in [5.41, 5.74) is 1.43. The van der Waals surface area contributed by atoms with E-state index in [0.717, 1.165) is 13.1 Å². The van der Waals surface area contributed by atoms with Crippen molar-refractivity contribution in [2.45, 2.75) is 19.9 Å². The summed E-state index contributed by atoms with van der Waals surface area (Å²) in [6, 6.07) is 5.27. The number of thiophene rings is 1. The van der Waals surface area contributed by atoms with Crippen molar-refractivity contribution in [3.05, 3.63) is 56.6 Å². The molecule has 1 N–H and O–H groups in total. The zero-order valence-electron chi connectivity index (χ0n) is 13.8. The molecule has 2 aromatic rings. The molecule has 2 rings (SSSR count). The second kappa shape index (κ2) is 8.08. The van der Waals surface area contributed by atoms with Gasteiger partial charge >= 0.3 is 0 Å². The Labute approximate surface area is 140 Å². The van der Waals surface area contributed by atoms with Crippen LogP contribution in [0.2, 0.25) is 0 Å². The van der Waals surface area contributed by atoms with Crippen LogP contribution in [0.15, 0.2) is 40.0 Å². The summed E-state index contributed by atoms with van der Waals surface area (Å²) in [5.74, 6) is -0.213. The molecule has 0 unspecified atom stereocenters.